The van der Waals surface area contributed by atoms with Gasteiger partial charge in [0.05, 0.1) is 0 Å². The highest BCUT2D eigenvalue weighted by molar-refractivity contribution is 6.01. The summed E-state index contributed by atoms with van der Waals surface area (Å²) in [5.41, 5.74) is 7.79. The zero-order valence-electron chi connectivity index (χ0n) is 7.43. The maximum Gasteiger partial charge on any atom is 0.0472 e. The molecule has 4 N–H and O–H groups in total. The van der Waals surface area contributed by atoms with Gasteiger partial charge < -0.3 is 16.2 Å². The zero-order valence-corrected chi connectivity index (χ0v) is 7.43. The lowest BCUT2D eigenvalue weighted by Gasteiger charge is -2.08. The van der Waals surface area contributed by atoms with E-state index in [1.165, 1.54) is 0 Å². The third-order valence-electron chi connectivity index (χ3n) is 2.15. The molecule has 3 nitrogen and oxygen atoms in total. The minimum atomic E-state index is 0.0823. The molecule has 0 atom stereocenters. The van der Waals surface area contributed by atoms with E-state index in [0.717, 1.165) is 18.4 Å². The maximum absolute atomic E-state index is 8.75. The molecule has 0 bridgehead atoms. The fraction of sp³-hybridized carbons (Fsp3) is 0.667. The third-order valence-corrected chi connectivity index (χ3v) is 2.15. The van der Waals surface area contributed by atoms with Gasteiger partial charge >= 0.3 is 0 Å². The van der Waals surface area contributed by atoms with Gasteiger partial charge in [0.1, 0.15) is 0 Å². The molecule has 0 aromatic heterocycles. The van der Waals surface area contributed by atoms with E-state index < -0.39 is 0 Å². The van der Waals surface area contributed by atoms with Crippen molar-refractivity contribution in [1.29, 1.82) is 5.41 Å². The topological polar surface area (TPSA) is 70.1 Å². The van der Waals surface area contributed by atoms with Gasteiger partial charge in [-0.2, -0.15) is 0 Å². The van der Waals surface area contributed by atoms with E-state index in [-0.39, 0.29) is 6.61 Å². The van der Waals surface area contributed by atoms with Crippen molar-refractivity contribution >= 4 is 5.71 Å². The second kappa shape index (κ2) is 3.72. The predicted molar refractivity (Wildman–Crippen MR) is 49.0 cm³/mol. The van der Waals surface area contributed by atoms with Gasteiger partial charge in [0.25, 0.3) is 0 Å². The van der Waals surface area contributed by atoms with E-state index in [1.54, 1.807) is 6.92 Å². The summed E-state index contributed by atoms with van der Waals surface area (Å²) >= 11 is 0. The minimum Gasteiger partial charge on any atom is -0.402 e. The Labute approximate surface area is 72.8 Å². The van der Waals surface area contributed by atoms with E-state index in [0.29, 0.717) is 23.7 Å². The number of hydrogen-bond acceptors (Lipinski definition) is 3. The monoisotopic (exact) mass is 168 g/mol. The maximum atomic E-state index is 8.75. The van der Waals surface area contributed by atoms with Crippen LogP contribution in [-0.4, -0.2) is 17.4 Å². The predicted octanol–water partition coefficient (Wildman–Crippen LogP) is 1.03. The fourth-order valence-electron chi connectivity index (χ4n) is 1.27. The summed E-state index contributed by atoms with van der Waals surface area (Å²) in [6.45, 7) is 1.88. The first-order valence-corrected chi connectivity index (χ1v) is 4.31. The Morgan fingerprint density at radius 1 is 1.58 bits per heavy atom. The fourth-order valence-corrected chi connectivity index (χ4v) is 1.27. The molecule has 0 unspecified atom stereocenters. The molecule has 1 aliphatic rings. The van der Waals surface area contributed by atoms with Crippen LogP contribution in [0.4, 0.5) is 0 Å². The third kappa shape index (κ3) is 2.08. The van der Waals surface area contributed by atoms with Gasteiger partial charge in [-0.25, -0.2) is 0 Å². The van der Waals surface area contributed by atoms with Crippen molar-refractivity contribution in [3.63, 3.8) is 0 Å². The number of aliphatic hydroxyl groups excluding tert-OH is 1. The van der Waals surface area contributed by atoms with Crippen molar-refractivity contribution < 1.29 is 5.11 Å². The van der Waals surface area contributed by atoms with E-state index >= 15 is 0 Å². The Hall–Kier alpha value is -0.830. The lowest BCUT2D eigenvalue weighted by atomic mass is 10.0. The Kier molecular flexibility index (Phi) is 2.87. The van der Waals surface area contributed by atoms with Gasteiger partial charge in [-0.15, -0.1) is 0 Å². The Morgan fingerprint density at radius 3 is 2.50 bits per heavy atom. The number of allylic oxidation sites excluding steroid dienone is 1. The molecule has 0 aliphatic heterocycles. The van der Waals surface area contributed by atoms with Crippen LogP contribution in [0, 0.1) is 11.3 Å². The highest BCUT2D eigenvalue weighted by Gasteiger charge is 2.28. The summed E-state index contributed by atoms with van der Waals surface area (Å²) in [6, 6.07) is 0. The highest BCUT2D eigenvalue weighted by Crippen LogP contribution is 2.33. The van der Waals surface area contributed by atoms with Crippen LogP contribution in [0.2, 0.25) is 0 Å². The average molecular weight is 168 g/mol. The molecule has 0 aromatic rings. The number of rotatable bonds is 4. The Balaban J connectivity index is 2.64. The van der Waals surface area contributed by atoms with Gasteiger partial charge in [0, 0.05) is 23.9 Å². The van der Waals surface area contributed by atoms with Crippen LogP contribution >= 0.6 is 0 Å². The van der Waals surface area contributed by atoms with Crippen LogP contribution in [0.25, 0.3) is 0 Å². The van der Waals surface area contributed by atoms with Crippen molar-refractivity contribution in [3.8, 4) is 0 Å². The second-order valence-electron chi connectivity index (χ2n) is 3.32. The van der Waals surface area contributed by atoms with Crippen LogP contribution in [0.3, 0.4) is 0 Å². The second-order valence-corrected chi connectivity index (χ2v) is 3.32. The molecule has 12 heavy (non-hydrogen) atoms. The average Bonchev–Trinajstić information content (AvgIpc) is 2.80. The molecule has 1 saturated carbocycles. The number of hydrogen-bond donors (Lipinski definition) is 3. The first-order valence-electron chi connectivity index (χ1n) is 4.31. The quantitative estimate of drug-likeness (QED) is 0.549. The summed E-state index contributed by atoms with van der Waals surface area (Å²) in [4.78, 5) is 0. The van der Waals surface area contributed by atoms with Gasteiger partial charge in [-0.1, -0.05) is 0 Å². The van der Waals surface area contributed by atoms with Gasteiger partial charge in [-0.3, -0.25) is 0 Å². The molecule has 0 aromatic carbocycles. The Morgan fingerprint density at radius 2 is 2.17 bits per heavy atom. The molecule has 3 heteroatoms. The molecule has 68 valence electrons. The molecule has 0 amide bonds. The number of nitrogens with one attached hydrogen (secondary N) is 1. The summed E-state index contributed by atoms with van der Waals surface area (Å²) < 4.78 is 0. The van der Waals surface area contributed by atoms with Crippen molar-refractivity contribution in [2.24, 2.45) is 11.7 Å². The molecule has 0 heterocycles. The number of nitrogens with two attached hydrogens (primary N) is 1. The molecular formula is C9H16N2O. The Bertz CT molecular complexity index is 213. The van der Waals surface area contributed by atoms with Crippen LogP contribution in [-0.2, 0) is 0 Å². The van der Waals surface area contributed by atoms with E-state index in [2.05, 4.69) is 0 Å². The van der Waals surface area contributed by atoms with Crippen molar-refractivity contribution in [1.82, 2.24) is 0 Å². The van der Waals surface area contributed by atoms with Crippen LogP contribution in [0.15, 0.2) is 11.3 Å². The zero-order chi connectivity index (χ0) is 9.14. The molecule has 1 fully saturated rings. The highest BCUT2D eigenvalue weighted by atomic mass is 16.2. The molecule has 0 radical (unpaired) electrons. The largest absolute Gasteiger partial charge is 0.402 e. The molecule has 1 rings (SSSR count). The molecular weight excluding hydrogens is 152 g/mol. The van der Waals surface area contributed by atoms with Crippen molar-refractivity contribution in [2.75, 3.05) is 6.61 Å². The van der Waals surface area contributed by atoms with Gasteiger partial charge in [-0.05, 0) is 31.8 Å². The van der Waals surface area contributed by atoms with Crippen molar-refractivity contribution in [2.45, 2.75) is 26.2 Å². The first-order chi connectivity index (χ1) is 5.66. The standard InChI is InChI=1S/C9H16N2O/c1-6(10)8(4-5-12)9(11)7-2-3-7/h7,11-12H,2-5,10H2,1H3/b8-6-,11-9?. The number of aliphatic hydroxyl groups is 1. The summed E-state index contributed by atoms with van der Waals surface area (Å²) in [5, 5.41) is 16.5. The lowest BCUT2D eigenvalue weighted by Crippen LogP contribution is -2.11. The molecule has 0 saturated heterocycles. The normalized spacial score (nSPS) is 18.8. The summed E-state index contributed by atoms with van der Waals surface area (Å²) in [7, 11) is 0. The first kappa shape index (κ1) is 9.26. The van der Waals surface area contributed by atoms with Gasteiger partial charge in [0.15, 0.2) is 0 Å². The smallest absolute Gasteiger partial charge is 0.0472 e. The van der Waals surface area contributed by atoms with Crippen LogP contribution in [0.1, 0.15) is 26.2 Å². The lowest BCUT2D eigenvalue weighted by molar-refractivity contribution is 0.300. The molecule has 0 spiro atoms. The van der Waals surface area contributed by atoms with Crippen LogP contribution in [0.5, 0.6) is 0 Å². The summed E-state index contributed by atoms with van der Waals surface area (Å²) in [6.07, 6.45) is 2.75. The van der Waals surface area contributed by atoms with Gasteiger partial charge in [0.2, 0.25) is 0 Å². The van der Waals surface area contributed by atoms with E-state index in [4.69, 9.17) is 16.2 Å². The minimum absolute atomic E-state index is 0.0823. The van der Waals surface area contributed by atoms with Crippen LogP contribution < -0.4 is 5.73 Å². The van der Waals surface area contributed by atoms with Crippen molar-refractivity contribution in [3.05, 3.63) is 11.3 Å². The van der Waals surface area contributed by atoms with E-state index in [9.17, 15) is 0 Å². The summed E-state index contributed by atoms with van der Waals surface area (Å²) in [5.74, 6) is 0.421. The molecule has 1 aliphatic carbocycles. The van der Waals surface area contributed by atoms with E-state index in [1.807, 2.05) is 0 Å². The SMILES string of the molecule is C/C(N)=C(\CCO)C(=N)C1CC1.